The molecule has 1 aromatic carbocycles. The normalized spacial score (nSPS) is 19.9. The molecule has 1 saturated heterocycles. The van der Waals surface area contributed by atoms with Crippen molar-refractivity contribution < 1.29 is 4.74 Å². The number of benzene rings is 1. The van der Waals surface area contributed by atoms with Crippen LogP contribution < -0.4 is 10.2 Å². The van der Waals surface area contributed by atoms with E-state index >= 15 is 0 Å². The van der Waals surface area contributed by atoms with Crippen LogP contribution in [0.5, 0.6) is 0 Å². The van der Waals surface area contributed by atoms with E-state index in [0.29, 0.717) is 6.04 Å². The fourth-order valence-corrected chi connectivity index (χ4v) is 2.90. The van der Waals surface area contributed by atoms with Crippen molar-refractivity contribution in [1.82, 2.24) is 5.32 Å². The minimum atomic E-state index is -0.0490. The highest BCUT2D eigenvalue weighted by Crippen LogP contribution is 2.25. The van der Waals surface area contributed by atoms with Crippen LogP contribution in [0.15, 0.2) is 24.3 Å². The van der Waals surface area contributed by atoms with Crippen molar-refractivity contribution in [1.29, 1.82) is 0 Å². The Morgan fingerprint density at radius 3 is 2.50 bits per heavy atom. The average Bonchev–Trinajstić information content (AvgIpc) is 2.44. The molecule has 1 aliphatic rings. The van der Waals surface area contributed by atoms with Crippen LogP contribution in [0.3, 0.4) is 0 Å². The summed E-state index contributed by atoms with van der Waals surface area (Å²) < 4.78 is 5.78. The van der Waals surface area contributed by atoms with Gasteiger partial charge in [0, 0.05) is 24.8 Å². The van der Waals surface area contributed by atoms with Crippen molar-refractivity contribution >= 4 is 5.69 Å². The summed E-state index contributed by atoms with van der Waals surface area (Å²) in [5.41, 5.74) is 2.63. The molecule has 0 radical (unpaired) electrons. The Kier molecular flexibility index (Phi) is 5.06. The number of ether oxygens (including phenoxy) is 1. The van der Waals surface area contributed by atoms with Gasteiger partial charge < -0.3 is 15.0 Å². The van der Waals surface area contributed by atoms with E-state index in [1.54, 1.807) is 0 Å². The second-order valence-electron chi connectivity index (χ2n) is 6.14. The molecule has 0 amide bonds. The molecule has 0 aliphatic carbocycles. The number of anilines is 1. The van der Waals surface area contributed by atoms with E-state index in [1.165, 1.54) is 11.3 Å². The zero-order valence-corrected chi connectivity index (χ0v) is 13.3. The molecule has 20 heavy (non-hydrogen) atoms. The van der Waals surface area contributed by atoms with Gasteiger partial charge in [0.05, 0.1) is 12.2 Å². The van der Waals surface area contributed by atoms with Gasteiger partial charge in [-0.3, -0.25) is 0 Å². The molecule has 3 heteroatoms. The van der Waals surface area contributed by atoms with Crippen molar-refractivity contribution in [2.24, 2.45) is 0 Å². The summed E-state index contributed by atoms with van der Waals surface area (Å²) in [7, 11) is 0. The van der Waals surface area contributed by atoms with Crippen LogP contribution in [0.25, 0.3) is 0 Å². The fourth-order valence-electron chi connectivity index (χ4n) is 2.90. The third-order valence-electron chi connectivity index (χ3n) is 3.95. The third kappa shape index (κ3) is 3.74. The SMILES string of the molecule is CCNC(CC)c1ccc(N2CCOC(C)(C)C2)cc1. The van der Waals surface area contributed by atoms with Gasteiger partial charge in [0.1, 0.15) is 0 Å². The molecular weight excluding hydrogens is 248 g/mol. The Morgan fingerprint density at radius 1 is 1.25 bits per heavy atom. The predicted octanol–water partition coefficient (Wildman–Crippen LogP) is 3.36. The molecule has 1 heterocycles. The van der Waals surface area contributed by atoms with Gasteiger partial charge >= 0.3 is 0 Å². The van der Waals surface area contributed by atoms with Crippen LogP contribution in [0.1, 0.15) is 45.7 Å². The summed E-state index contributed by atoms with van der Waals surface area (Å²) >= 11 is 0. The van der Waals surface area contributed by atoms with E-state index in [1.807, 2.05) is 0 Å². The quantitative estimate of drug-likeness (QED) is 0.892. The Labute approximate surface area is 123 Å². The van der Waals surface area contributed by atoms with Gasteiger partial charge in [0.25, 0.3) is 0 Å². The van der Waals surface area contributed by atoms with E-state index in [0.717, 1.165) is 32.7 Å². The minimum absolute atomic E-state index is 0.0490. The number of nitrogens with one attached hydrogen (secondary N) is 1. The first-order valence-electron chi connectivity index (χ1n) is 7.78. The monoisotopic (exact) mass is 276 g/mol. The molecule has 112 valence electrons. The fraction of sp³-hybridized carbons (Fsp3) is 0.647. The number of rotatable bonds is 5. The molecule has 3 nitrogen and oxygen atoms in total. The second-order valence-corrected chi connectivity index (χ2v) is 6.14. The maximum absolute atomic E-state index is 5.78. The van der Waals surface area contributed by atoms with Crippen LogP contribution in [0.2, 0.25) is 0 Å². The Balaban J connectivity index is 2.07. The number of hydrogen-bond acceptors (Lipinski definition) is 3. The van der Waals surface area contributed by atoms with Crippen LogP contribution in [-0.2, 0) is 4.74 Å². The molecule has 1 atom stereocenters. The summed E-state index contributed by atoms with van der Waals surface area (Å²) in [6.07, 6.45) is 1.12. The maximum atomic E-state index is 5.78. The zero-order chi connectivity index (χ0) is 14.6. The van der Waals surface area contributed by atoms with E-state index < -0.39 is 0 Å². The van der Waals surface area contributed by atoms with Gasteiger partial charge in [-0.05, 0) is 44.5 Å². The summed E-state index contributed by atoms with van der Waals surface area (Å²) in [5, 5.41) is 3.53. The van der Waals surface area contributed by atoms with Gasteiger partial charge in [-0.2, -0.15) is 0 Å². The van der Waals surface area contributed by atoms with Crippen molar-refractivity contribution in [2.45, 2.75) is 45.8 Å². The molecule has 1 aromatic rings. The lowest BCUT2D eigenvalue weighted by molar-refractivity contribution is -0.0276. The standard InChI is InChI=1S/C17H28N2O/c1-5-16(18-6-2)14-7-9-15(10-8-14)19-11-12-20-17(3,4)13-19/h7-10,16,18H,5-6,11-13H2,1-4H3. The molecule has 1 unspecified atom stereocenters. The van der Waals surface area contributed by atoms with E-state index in [4.69, 9.17) is 4.74 Å². The molecule has 0 spiro atoms. The summed E-state index contributed by atoms with van der Waals surface area (Å²) in [6, 6.07) is 9.48. The van der Waals surface area contributed by atoms with Crippen molar-refractivity contribution in [3.05, 3.63) is 29.8 Å². The molecule has 2 rings (SSSR count). The van der Waals surface area contributed by atoms with Gasteiger partial charge in [-0.15, -0.1) is 0 Å². The molecule has 1 aliphatic heterocycles. The van der Waals surface area contributed by atoms with Crippen LogP contribution in [-0.4, -0.2) is 31.8 Å². The van der Waals surface area contributed by atoms with Crippen molar-refractivity contribution in [3.63, 3.8) is 0 Å². The summed E-state index contributed by atoms with van der Waals surface area (Å²) in [4.78, 5) is 2.42. The Bertz CT molecular complexity index is 414. The number of hydrogen-bond donors (Lipinski definition) is 1. The molecule has 1 N–H and O–H groups in total. The van der Waals surface area contributed by atoms with Gasteiger partial charge in [0.2, 0.25) is 0 Å². The molecular formula is C17H28N2O. The molecule has 0 aromatic heterocycles. The first-order chi connectivity index (χ1) is 9.55. The third-order valence-corrected chi connectivity index (χ3v) is 3.95. The van der Waals surface area contributed by atoms with Gasteiger partial charge in [0.15, 0.2) is 0 Å². The smallest absolute Gasteiger partial charge is 0.0801 e. The second kappa shape index (κ2) is 6.59. The van der Waals surface area contributed by atoms with Gasteiger partial charge in [-0.1, -0.05) is 26.0 Å². The van der Waals surface area contributed by atoms with Crippen molar-refractivity contribution in [2.75, 3.05) is 31.1 Å². The number of nitrogens with zero attached hydrogens (tertiary/aromatic N) is 1. The van der Waals surface area contributed by atoms with Crippen molar-refractivity contribution in [3.8, 4) is 0 Å². The highest BCUT2D eigenvalue weighted by molar-refractivity contribution is 5.48. The van der Waals surface area contributed by atoms with Crippen LogP contribution in [0, 0.1) is 0 Å². The predicted molar refractivity (Wildman–Crippen MR) is 85.4 cm³/mol. The van der Waals surface area contributed by atoms with Crippen LogP contribution >= 0.6 is 0 Å². The largest absolute Gasteiger partial charge is 0.372 e. The van der Waals surface area contributed by atoms with Gasteiger partial charge in [-0.25, -0.2) is 0 Å². The lowest BCUT2D eigenvalue weighted by atomic mass is 10.0. The molecule has 0 saturated carbocycles. The minimum Gasteiger partial charge on any atom is -0.372 e. The zero-order valence-electron chi connectivity index (χ0n) is 13.3. The first kappa shape index (κ1) is 15.3. The molecule has 0 bridgehead atoms. The average molecular weight is 276 g/mol. The first-order valence-corrected chi connectivity index (χ1v) is 7.78. The highest BCUT2D eigenvalue weighted by Gasteiger charge is 2.27. The highest BCUT2D eigenvalue weighted by atomic mass is 16.5. The number of morpholine rings is 1. The van der Waals surface area contributed by atoms with E-state index in [9.17, 15) is 0 Å². The summed E-state index contributed by atoms with van der Waals surface area (Å²) in [5.74, 6) is 0. The van der Waals surface area contributed by atoms with Crippen LogP contribution in [0.4, 0.5) is 5.69 Å². The lowest BCUT2D eigenvalue weighted by Gasteiger charge is -2.39. The topological polar surface area (TPSA) is 24.5 Å². The molecule has 1 fully saturated rings. The summed E-state index contributed by atoms with van der Waals surface area (Å²) in [6.45, 7) is 12.5. The Hall–Kier alpha value is -1.06. The maximum Gasteiger partial charge on any atom is 0.0801 e. The lowest BCUT2D eigenvalue weighted by Crippen LogP contribution is -2.48. The Morgan fingerprint density at radius 2 is 1.95 bits per heavy atom. The van der Waals surface area contributed by atoms with E-state index in [2.05, 4.69) is 62.2 Å². The van der Waals surface area contributed by atoms with E-state index in [-0.39, 0.29) is 5.60 Å².